The lowest BCUT2D eigenvalue weighted by atomic mass is 9.99. The number of ether oxygens (including phenoxy) is 1. The summed E-state index contributed by atoms with van der Waals surface area (Å²) in [5, 5.41) is 19.3. The molecule has 4 rings (SSSR count). The molecule has 0 radical (unpaired) electrons. The molecule has 3 unspecified atom stereocenters. The predicted molar refractivity (Wildman–Crippen MR) is 131 cm³/mol. The predicted octanol–water partition coefficient (Wildman–Crippen LogP) is 1.96. The number of carbonyl (C=O) groups is 3. The molecule has 0 spiro atoms. The average molecular weight is 480 g/mol. The summed E-state index contributed by atoms with van der Waals surface area (Å²) in [7, 11) is 1.53. The molecule has 186 valence electrons. The molecule has 2 aliphatic rings. The van der Waals surface area contributed by atoms with Gasteiger partial charge in [0.25, 0.3) is 11.8 Å². The van der Waals surface area contributed by atoms with Crippen LogP contribution in [0, 0.1) is 5.92 Å². The van der Waals surface area contributed by atoms with Crippen molar-refractivity contribution in [1.29, 1.82) is 0 Å². The van der Waals surface area contributed by atoms with Gasteiger partial charge in [-0.15, -0.1) is 0 Å². The largest absolute Gasteiger partial charge is 0.497 e. The number of carbonyl (C=O) groups excluding carboxylic acids is 3. The summed E-state index contributed by atoms with van der Waals surface area (Å²) in [6.07, 6.45) is 3.20. The maximum Gasteiger partial charge on any atom is 0.252 e. The molecule has 0 aliphatic heterocycles. The second-order valence-electron chi connectivity index (χ2n) is 9.47. The molecule has 8 nitrogen and oxygen atoms in total. The van der Waals surface area contributed by atoms with Gasteiger partial charge in [0.2, 0.25) is 5.91 Å². The minimum Gasteiger partial charge on any atom is -0.497 e. The number of amides is 3. The van der Waals surface area contributed by atoms with Crippen LogP contribution in [-0.4, -0.2) is 54.2 Å². The lowest BCUT2D eigenvalue weighted by molar-refractivity contribution is -0.132. The quantitative estimate of drug-likeness (QED) is 0.371. The van der Waals surface area contributed by atoms with Crippen LogP contribution in [0.5, 0.6) is 5.75 Å². The summed E-state index contributed by atoms with van der Waals surface area (Å²) >= 11 is 0. The Morgan fingerprint density at radius 3 is 2.37 bits per heavy atom. The van der Waals surface area contributed by atoms with Crippen LogP contribution in [0.3, 0.4) is 0 Å². The number of aliphatic hydroxyl groups is 1. The zero-order valence-electron chi connectivity index (χ0n) is 19.9. The van der Waals surface area contributed by atoms with Gasteiger partial charge >= 0.3 is 0 Å². The Balaban J connectivity index is 1.47. The van der Waals surface area contributed by atoms with E-state index >= 15 is 0 Å². The first-order valence-corrected chi connectivity index (χ1v) is 12.2. The zero-order valence-corrected chi connectivity index (χ0v) is 19.9. The molecule has 0 bridgehead atoms. The van der Waals surface area contributed by atoms with E-state index in [0.717, 1.165) is 31.2 Å². The molecule has 2 fully saturated rings. The van der Waals surface area contributed by atoms with Crippen molar-refractivity contribution in [3.63, 3.8) is 0 Å². The summed E-state index contributed by atoms with van der Waals surface area (Å²) < 4.78 is 5.20. The molecule has 2 aromatic carbocycles. The van der Waals surface area contributed by atoms with Gasteiger partial charge in [-0.2, -0.15) is 0 Å². The van der Waals surface area contributed by atoms with Gasteiger partial charge in [-0.25, -0.2) is 0 Å². The minimum absolute atomic E-state index is 0.0926. The van der Waals surface area contributed by atoms with Crippen molar-refractivity contribution in [2.75, 3.05) is 7.11 Å². The smallest absolute Gasteiger partial charge is 0.252 e. The van der Waals surface area contributed by atoms with Crippen LogP contribution >= 0.6 is 0 Å². The SMILES string of the molecule is COc1cccc(C(=O)NC(CC2CC2)C(=O)NC(Cc2ccccc2)C(O)C(=O)NC2CC2)c1. The van der Waals surface area contributed by atoms with E-state index < -0.39 is 30.0 Å². The van der Waals surface area contributed by atoms with Crippen LogP contribution in [0.4, 0.5) is 0 Å². The lowest BCUT2D eigenvalue weighted by Gasteiger charge is -2.27. The highest BCUT2D eigenvalue weighted by atomic mass is 16.5. The number of benzene rings is 2. The maximum atomic E-state index is 13.4. The van der Waals surface area contributed by atoms with Crippen LogP contribution in [0.15, 0.2) is 54.6 Å². The summed E-state index contributed by atoms with van der Waals surface area (Å²) in [5.41, 5.74) is 1.28. The monoisotopic (exact) mass is 479 g/mol. The minimum atomic E-state index is -1.41. The molecule has 2 aromatic rings. The fourth-order valence-corrected chi connectivity index (χ4v) is 4.01. The topological polar surface area (TPSA) is 117 Å². The highest BCUT2D eigenvalue weighted by molar-refractivity contribution is 5.98. The van der Waals surface area contributed by atoms with Crippen LogP contribution < -0.4 is 20.7 Å². The Morgan fingerprint density at radius 2 is 1.71 bits per heavy atom. The molecular weight excluding hydrogens is 446 g/mol. The maximum absolute atomic E-state index is 13.4. The number of aliphatic hydroxyl groups excluding tert-OH is 1. The van der Waals surface area contributed by atoms with Gasteiger partial charge in [-0.05, 0) is 55.4 Å². The van der Waals surface area contributed by atoms with Gasteiger partial charge in [-0.3, -0.25) is 14.4 Å². The Kier molecular flexibility index (Phi) is 8.02. The summed E-state index contributed by atoms with van der Waals surface area (Å²) in [6.45, 7) is 0. The summed E-state index contributed by atoms with van der Waals surface area (Å²) in [5.74, 6) is -0.364. The first-order valence-electron chi connectivity index (χ1n) is 12.2. The van der Waals surface area contributed by atoms with Crippen molar-refractivity contribution in [3.8, 4) is 5.75 Å². The molecule has 4 N–H and O–H groups in total. The van der Waals surface area contributed by atoms with Crippen molar-refractivity contribution < 1.29 is 24.2 Å². The summed E-state index contributed by atoms with van der Waals surface area (Å²) in [6, 6.07) is 14.6. The molecule has 0 heterocycles. The molecule has 3 atom stereocenters. The van der Waals surface area contributed by atoms with Gasteiger partial charge in [-0.1, -0.05) is 49.2 Å². The van der Waals surface area contributed by atoms with Crippen LogP contribution in [-0.2, 0) is 16.0 Å². The second-order valence-corrected chi connectivity index (χ2v) is 9.47. The Morgan fingerprint density at radius 1 is 0.971 bits per heavy atom. The Hall–Kier alpha value is -3.39. The molecule has 8 heteroatoms. The molecule has 2 aliphatic carbocycles. The van der Waals surface area contributed by atoms with Gasteiger partial charge < -0.3 is 25.8 Å². The number of hydrogen-bond donors (Lipinski definition) is 4. The fraction of sp³-hybridized carbons (Fsp3) is 0.444. The van der Waals surface area contributed by atoms with Gasteiger partial charge in [0.05, 0.1) is 13.2 Å². The molecule has 3 amide bonds. The number of methoxy groups -OCH3 is 1. The number of nitrogens with one attached hydrogen (secondary N) is 3. The third-order valence-corrected chi connectivity index (χ3v) is 6.42. The summed E-state index contributed by atoms with van der Waals surface area (Å²) in [4.78, 5) is 38.9. The van der Waals surface area contributed by atoms with E-state index in [1.165, 1.54) is 7.11 Å². The van der Waals surface area contributed by atoms with E-state index in [1.807, 2.05) is 30.3 Å². The molecule has 2 saturated carbocycles. The van der Waals surface area contributed by atoms with Crippen molar-refractivity contribution >= 4 is 17.7 Å². The van der Waals surface area contributed by atoms with Crippen molar-refractivity contribution in [1.82, 2.24) is 16.0 Å². The van der Waals surface area contributed by atoms with E-state index in [9.17, 15) is 19.5 Å². The lowest BCUT2D eigenvalue weighted by Crippen LogP contribution is -2.56. The van der Waals surface area contributed by atoms with Crippen LogP contribution in [0.1, 0.15) is 48.0 Å². The van der Waals surface area contributed by atoms with E-state index in [4.69, 9.17) is 4.74 Å². The molecule has 0 aromatic heterocycles. The standard InChI is InChI=1S/C27H33N3O5/c1-35-21-9-5-8-19(16-21)25(32)30-23(15-18-10-11-18)26(33)29-22(14-17-6-3-2-4-7-17)24(31)27(34)28-20-12-13-20/h2-9,16,18,20,22-24,31H,10-15H2,1H3,(H,28,34)(H,29,33)(H,30,32). The van der Waals surface area contributed by atoms with Gasteiger partial charge in [0.15, 0.2) is 6.10 Å². The molecule has 0 saturated heterocycles. The number of hydrogen-bond acceptors (Lipinski definition) is 5. The van der Waals surface area contributed by atoms with Crippen molar-refractivity contribution in [2.24, 2.45) is 5.92 Å². The second kappa shape index (κ2) is 11.4. The third kappa shape index (κ3) is 7.29. The first-order chi connectivity index (χ1) is 16.9. The van der Waals surface area contributed by atoms with Crippen molar-refractivity contribution in [3.05, 3.63) is 65.7 Å². The fourth-order valence-electron chi connectivity index (χ4n) is 4.01. The molecular formula is C27H33N3O5. The van der Waals surface area contributed by atoms with Crippen LogP contribution in [0.25, 0.3) is 0 Å². The molecule has 35 heavy (non-hydrogen) atoms. The Labute approximate surface area is 205 Å². The average Bonchev–Trinajstić information content (AvgIpc) is 3.80. The zero-order chi connectivity index (χ0) is 24.8. The third-order valence-electron chi connectivity index (χ3n) is 6.42. The van der Waals surface area contributed by atoms with E-state index in [1.54, 1.807) is 24.3 Å². The van der Waals surface area contributed by atoms with Crippen molar-refractivity contribution in [2.45, 2.75) is 62.8 Å². The van der Waals surface area contributed by atoms with E-state index in [2.05, 4.69) is 16.0 Å². The normalized spacial score (nSPS) is 17.5. The van der Waals surface area contributed by atoms with Gasteiger partial charge in [0.1, 0.15) is 11.8 Å². The van der Waals surface area contributed by atoms with E-state index in [-0.39, 0.29) is 18.4 Å². The van der Waals surface area contributed by atoms with Crippen LogP contribution in [0.2, 0.25) is 0 Å². The highest BCUT2D eigenvalue weighted by Gasteiger charge is 2.35. The van der Waals surface area contributed by atoms with E-state index in [0.29, 0.717) is 23.7 Å². The highest BCUT2D eigenvalue weighted by Crippen LogP contribution is 2.33. The number of rotatable bonds is 12. The Bertz CT molecular complexity index is 1040. The first kappa shape index (κ1) is 24.7. The van der Waals surface area contributed by atoms with Gasteiger partial charge in [0, 0.05) is 11.6 Å².